The normalized spacial score (nSPS) is 25.2. The zero-order chi connectivity index (χ0) is 19.0. The second-order valence-corrected chi connectivity index (χ2v) is 5.19. The number of carboxylic acid groups (broad SMARTS) is 1. The summed E-state index contributed by atoms with van der Waals surface area (Å²) in [7, 11) is -4.89. The Labute approximate surface area is 308 Å². The molecular formula is C9H19Cl2K2Na2O13P. The molecule has 1 aliphatic heterocycles. The first kappa shape index (κ1) is 54.9. The van der Waals surface area contributed by atoms with Gasteiger partial charge in [-0.15, -0.1) is 0 Å². The number of hydrogen-bond acceptors (Lipinski definition) is 11. The maximum absolute atomic E-state index is 9.34. The summed E-state index contributed by atoms with van der Waals surface area (Å²) in [6.07, 6.45) is -8.38. The van der Waals surface area contributed by atoms with Gasteiger partial charge in [0.2, 0.25) is 0 Å². The average molecular weight is 561 g/mol. The van der Waals surface area contributed by atoms with Crippen molar-refractivity contribution in [2.75, 3.05) is 6.61 Å². The van der Waals surface area contributed by atoms with E-state index < -0.39 is 57.2 Å². The molecule has 0 amide bonds. The van der Waals surface area contributed by atoms with E-state index in [0.29, 0.717) is 0 Å². The van der Waals surface area contributed by atoms with Gasteiger partial charge in [-0.2, -0.15) is 0 Å². The van der Waals surface area contributed by atoms with Gasteiger partial charge in [0.05, 0.1) is 18.7 Å². The summed E-state index contributed by atoms with van der Waals surface area (Å²) < 4.78 is 13.3. The molecule has 0 aromatic carbocycles. The van der Waals surface area contributed by atoms with Crippen LogP contribution in [0.15, 0.2) is 0 Å². The number of carbonyl (C=O) groups excluding carboxylic acids is 1. The van der Waals surface area contributed by atoms with Crippen LogP contribution in [0.1, 0.15) is 6.92 Å². The van der Waals surface area contributed by atoms with Gasteiger partial charge in [-0.3, -0.25) is 4.57 Å². The topological polar surface area (TPSA) is 251 Å². The first-order chi connectivity index (χ1) is 10.2. The number of carboxylic acids is 1. The van der Waals surface area contributed by atoms with Gasteiger partial charge in [0.15, 0.2) is 6.29 Å². The fourth-order valence-electron chi connectivity index (χ4n) is 1.08. The van der Waals surface area contributed by atoms with Gasteiger partial charge in [-0.05, 0) is 6.92 Å². The van der Waals surface area contributed by atoms with Crippen LogP contribution in [0, 0.1) is 0 Å². The molecule has 0 saturated carbocycles. The molecule has 29 heavy (non-hydrogen) atoms. The van der Waals surface area contributed by atoms with Crippen molar-refractivity contribution in [1.82, 2.24) is 0 Å². The predicted molar refractivity (Wildman–Crippen MR) is 64.7 cm³/mol. The van der Waals surface area contributed by atoms with Crippen molar-refractivity contribution < 1.29 is 251 Å². The van der Waals surface area contributed by atoms with E-state index in [-0.39, 0.29) is 187 Å². The van der Waals surface area contributed by atoms with E-state index in [0.717, 1.165) is 6.92 Å². The van der Waals surface area contributed by atoms with Gasteiger partial charge >= 0.3 is 162 Å². The van der Waals surface area contributed by atoms with E-state index in [2.05, 4.69) is 4.74 Å². The number of rotatable bonds is 2. The van der Waals surface area contributed by atoms with Crippen LogP contribution in [0.5, 0.6) is 0 Å². The Hall–Kier alpha value is 5.15. The van der Waals surface area contributed by atoms with Crippen molar-refractivity contribution in [2.24, 2.45) is 0 Å². The van der Waals surface area contributed by atoms with Crippen LogP contribution in [-0.4, -0.2) is 89.8 Å². The second-order valence-electron chi connectivity index (χ2n) is 4.21. The number of aliphatic carboxylic acids is 1. The molecule has 6 unspecified atom stereocenters. The molecule has 0 bridgehead atoms. The Morgan fingerprint density at radius 3 is 1.52 bits per heavy atom. The Kier molecular flexibility index (Phi) is 55.6. The molecule has 1 aliphatic rings. The summed E-state index contributed by atoms with van der Waals surface area (Å²) in [6.45, 7) is 0.608. The summed E-state index contributed by atoms with van der Waals surface area (Å²) in [5, 5.41) is 62.0. The van der Waals surface area contributed by atoms with E-state index in [1.165, 1.54) is 0 Å². The number of carbonyl (C=O) groups is 1. The molecule has 0 spiro atoms. The van der Waals surface area contributed by atoms with Crippen LogP contribution in [0.25, 0.3) is 0 Å². The maximum atomic E-state index is 9.34. The third-order valence-corrected chi connectivity index (χ3v) is 2.21. The number of hydrogen-bond donors (Lipinski definition) is 8. The minimum atomic E-state index is -4.89. The predicted octanol–water partition coefficient (Wildman–Crippen LogP) is -24.6. The van der Waals surface area contributed by atoms with Gasteiger partial charge in [0.25, 0.3) is 7.82 Å². The van der Waals surface area contributed by atoms with Crippen LogP contribution in [0.3, 0.4) is 0 Å². The molecule has 1 fully saturated rings. The summed E-state index contributed by atoms with van der Waals surface area (Å²) in [4.78, 5) is 32.3. The van der Waals surface area contributed by atoms with E-state index in [4.69, 9.17) is 49.9 Å². The monoisotopic (exact) mass is 560 g/mol. The van der Waals surface area contributed by atoms with Crippen LogP contribution >= 0.6 is 7.82 Å². The molecule has 20 heteroatoms. The Morgan fingerprint density at radius 2 is 1.31 bits per heavy atom. The van der Waals surface area contributed by atoms with Crippen molar-refractivity contribution in [3.63, 3.8) is 0 Å². The molecule has 1 heterocycles. The molecule has 156 valence electrons. The molecule has 1 saturated heterocycles. The van der Waals surface area contributed by atoms with Gasteiger partial charge in [-0.25, -0.2) is 0 Å². The Morgan fingerprint density at radius 1 is 1.03 bits per heavy atom. The summed E-state index contributed by atoms with van der Waals surface area (Å²) >= 11 is 0. The largest absolute Gasteiger partial charge is 1.00 e. The fraction of sp³-hybridized carbons (Fsp3) is 0.889. The van der Waals surface area contributed by atoms with E-state index in [1.807, 2.05) is 0 Å². The third-order valence-electron chi connectivity index (χ3n) is 2.21. The fourth-order valence-corrected chi connectivity index (χ4v) is 1.08. The SMILES string of the molecule is CC(O)C(=O)[O-].O=P([O-])(O)O.OCC1OC(O)C(O)C(O)C1O.[Cl-].[Cl-].[K+].[K+].[Na+].[Na+]. The Bertz CT molecular complexity index is 399. The van der Waals surface area contributed by atoms with Crippen LogP contribution < -0.4 is 197 Å². The Balaban J connectivity index is -0.0000000381. The second kappa shape index (κ2) is 29.4. The maximum Gasteiger partial charge on any atom is 1.00 e. The van der Waals surface area contributed by atoms with Crippen molar-refractivity contribution >= 4 is 13.8 Å². The van der Waals surface area contributed by atoms with Crippen molar-refractivity contribution in [1.29, 1.82) is 0 Å². The molecule has 1 rings (SSSR count). The van der Waals surface area contributed by atoms with Crippen LogP contribution in [0.4, 0.5) is 0 Å². The summed E-state index contributed by atoms with van der Waals surface area (Å²) in [5.41, 5.74) is 0. The minimum absolute atomic E-state index is 0. The molecule has 13 nitrogen and oxygen atoms in total. The first-order valence-corrected chi connectivity index (χ1v) is 7.39. The minimum Gasteiger partial charge on any atom is -1.00 e. The first-order valence-electron chi connectivity index (χ1n) is 5.86. The number of phosphoric acid groups is 1. The standard InChI is InChI=1S/C6H12O6.C3H6O3.2ClH.2K.2Na.H3O4P/c7-1-2-3(8)4(9)5(10)6(11)12-2;1-2(4)3(5)6;;;;;;;1-5(2,3)4/h2-11H,1H2;2,4H,1H3,(H,5,6);2*1H;;;;;(H3,1,2,3,4)/q;;;;4*+1;/p-4. The van der Waals surface area contributed by atoms with Crippen molar-refractivity contribution in [3.05, 3.63) is 0 Å². The van der Waals surface area contributed by atoms with E-state index in [1.54, 1.807) is 0 Å². The van der Waals surface area contributed by atoms with Gasteiger partial charge in [-0.1, -0.05) is 0 Å². The third kappa shape index (κ3) is 33.2. The van der Waals surface area contributed by atoms with E-state index in [9.17, 15) is 9.90 Å². The van der Waals surface area contributed by atoms with Gasteiger partial charge in [0, 0.05) is 0 Å². The van der Waals surface area contributed by atoms with Gasteiger partial charge < -0.3 is 84.8 Å². The zero-order valence-electron chi connectivity index (χ0n) is 16.5. The number of aliphatic hydroxyl groups is 6. The zero-order valence-corrected chi connectivity index (χ0v) is 29.1. The van der Waals surface area contributed by atoms with Crippen molar-refractivity contribution in [3.8, 4) is 0 Å². The van der Waals surface area contributed by atoms with E-state index >= 15 is 0 Å². The number of halogens is 2. The molecule has 8 N–H and O–H groups in total. The molecule has 0 radical (unpaired) electrons. The molecule has 6 atom stereocenters. The quantitative estimate of drug-likeness (QED) is 0.115. The van der Waals surface area contributed by atoms with Gasteiger partial charge in [0.1, 0.15) is 24.4 Å². The molecule has 0 aromatic rings. The van der Waals surface area contributed by atoms with Crippen molar-refractivity contribution in [2.45, 2.75) is 43.7 Å². The molecule has 0 aromatic heterocycles. The van der Waals surface area contributed by atoms with Crippen LogP contribution in [-0.2, 0) is 14.1 Å². The number of aliphatic hydroxyl groups excluding tert-OH is 6. The molecule has 0 aliphatic carbocycles. The summed E-state index contributed by atoms with van der Waals surface area (Å²) in [5.74, 6) is -1.44. The number of ether oxygens (including phenoxy) is 1. The molecular weight excluding hydrogens is 542 g/mol. The average Bonchev–Trinajstić information content (AvgIpc) is 2.39. The van der Waals surface area contributed by atoms with Crippen LogP contribution in [0.2, 0.25) is 0 Å². The summed E-state index contributed by atoms with van der Waals surface area (Å²) in [6, 6.07) is 0. The smallest absolute Gasteiger partial charge is 1.00 e.